The third-order valence-electron chi connectivity index (χ3n) is 5.96. The number of pyridine rings is 1. The van der Waals surface area contributed by atoms with Gasteiger partial charge in [-0.3, -0.25) is 9.59 Å². The molecule has 1 atom stereocenters. The topological polar surface area (TPSA) is 89.8 Å². The monoisotopic (exact) mass is 502 g/mol. The molecular formula is C26H28ClFN2O5. The summed E-state index contributed by atoms with van der Waals surface area (Å²) < 4.78 is 27.9. The van der Waals surface area contributed by atoms with Crippen LogP contribution in [0.2, 0.25) is 5.02 Å². The highest BCUT2D eigenvalue weighted by Crippen LogP contribution is 2.20. The average molecular weight is 503 g/mol. The highest BCUT2D eigenvalue weighted by molar-refractivity contribution is 6.30. The largest absolute Gasteiger partial charge is 0.392 e. The summed E-state index contributed by atoms with van der Waals surface area (Å²) in [6, 6.07) is 9.61. The van der Waals surface area contributed by atoms with Crippen molar-refractivity contribution in [3.05, 3.63) is 80.3 Å². The van der Waals surface area contributed by atoms with E-state index in [2.05, 4.69) is 5.32 Å². The van der Waals surface area contributed by atoms with E-state index in [1.165, 1.54) is 18.3 Å². The minimum Gasteiger partial charge on any atom is -0.392 e. The number of aryl methyl sites for hydroxylation is 1. The highest BCUT2D eigenvalue weighted by atomic mass is 35.5. The van der Waals surface area contributed by atoms with E-state index in [1.54, 1.807) is 28.8 Å². The number of carbonyl (C=O) groups is 1. The fourth-order valence-electron chi connectivity index (χ4n) is 4.15. The Balaban J connectivity index is 1.57. The Morgan fingerprint density at radius 1 is 1.23 bits per heavy atom. The molecule has 2 heterocycles. The first-order chi connectivity index (χ1) is 17.0. The van der Waals surface area contributed by atoms with Crippen molar-refractivity contribution >= 4 is 28.4 Å². The zero-order valence-corrected chi connectivity index (χ0v) is 20.0. The van der Waals surface area contributed by atoms with Gasteiger partial charge in [-0.2, -0.15) is 0 Å². The summed E-state index contributed by atoms with van der Waals surface area (Å²) in [5, 5.41) is 12.9. The summed E-state index contributed by atoms with van der Waals surface area (Å²) in [6.45, 7) is 1.19. The van der Waals surface area contributed by atoms with Crippen molar-refractivity contribution in [3.63, 3.8) is 0 Å². The summed E-state index contributed by atoms with van der Waals surface area (Å²) >= 11 is 5.90. The Labute approximate surface area is 207 Å². The first-order valence-electron chi connectivity index (χ1n) is 11.7. The summed E-state index contributed by atoms with van der Waals surface area (Å²) in [5.74, 6) is -1.20. The van der Waals surface area contributed by atoms with Crippen molar-refractivity contribution in [1.82, 2.24) is 9.88 Å². The van der Waals surface area contributed by atoms with Gasteiger partial charge in [0.1, 0.15) is 11.4 Å². The highest BCUT2D eigenvalue weighted by Gasteiger charge is 2.19. The molecule has 0 radical (unpaired) electrons. The van der Waals surface area contributed by atoms with Crippen LogP contribution in [-0.2, 0) is 29.2 Å². The summed E-state index contributed by atoms with van der Waals surface area (Å²) in [7, 11) is 0. The van der Waals surface area contributed by atoms with Crippen molar-refractivity contribution in [1.29, 1.82) is 0 Å². The minimum atomic E-state index is -0.631. The van der Waals surface area contributed by atoms with Gasteiger partial charge in [-0.05, 0) is 61.1 Å². The Hall–Kier alpha value is -2.78. The molecule has 4 rings (SSSR count). The summed E-state index contributed by atoms with van der Waals surface area (Å²) in [5.41, 5.74) is 0.480. The molecular weight excluding hydrogens is 475 g/mol. The summed E-state index contributed by atoms with van der Waals surface area (Å²) in [6.07, 6.45) is 4.62. The molecule has 1 aromatic heterocycles. The smallest absolute Gasteiger partial charge is 0.257 e. The molecule has 2 aromatic carbocycles. The lowest BCUT2D eigenvalue weighted by Gasteiger charge is -2.23. The number of aromatic nitrogens is 1. The predicted octanol–water partition coefficient (Wildman–Crippen LogP) is 4.15. The molecule has 35 heavy (non-hydrogen) atoms. The van der Waals surface area contributed by atoms with Crippen molar-refractivity contribution in [2.24, 2.45) is 0 Å². The van der Waals surface area contributed by atoms with Gasteiger partial charge in [0, 0.05) is 36.3 Å². The molecule has 1 amide bonds. The van der Waals surface area contributed by atoms with E-state index in [1.807, 2.05) is 0 Å². The number of benzene rings is 2. The third kappa shape index (κ3) is 6.27. The minimum absolute atomic E-state index is 0.0460. The van der Waals surface area contributed by atoms with E-state index in [0.29, 0.717) is 31.2 Å². The number of halogens is 2. The standard InChI is InChI=1S/C26H28ClFN2O5/c27-19-7-5-17(6-8-19)14-29-26(33)21-15-30(9-3-11-35-23-4-1-2-10-34-23)24-20(25(21)32)12-18(16-31)13-22(24)28/h5-8,12-13,15,23,31H,1-4,9-11,14,16H2,(H,29,33). The predicted molar refractivity (Wildman–Crippen MR) is 131 cm³/mol. The maximum atomic E-state index is 15.0. The number of fused-ring (bicyclic) bond motifs is 1. The van der Waals surface area contributed by atoms with Gasteiger partial charge in [-0.25, -0.2) is 4.39 Å². The van der Waals surface area contributed by atoms with E-state index < -0.39 is 23.8 Å². The first kappa shape index (κ1) is 25.3. The van der Waals surface area contributed by atoms with Crippen LogP contribution >= 0.6 is 11.6 Å². The van der Waals surface area contributed by atoms with Crippen LogP contribution < -0.4 is 10.7 Å². The number of carbonyl (C=O) groups excluding carboxylic acids is 1. The number of aliphatic hydroxyl groups is 1. The Morgan fingerprint density at radius 3 is 2.74 bits per heavy atom. The quantitative estimate of drug-likeness (QED) is 0.429. The number of hydrogen-bond acceptors (Lipinski definition) is 5. The van der Waals surface area contributed by atoms with Gasteiger partial charge in [0.2, 0.25) is 5.43 Å². The molecule has 7 nitrogen and oxygen atoms in total. The fraction of sp³-hybridized carbons (Fsp3) is 0.385. The fourth-order valence-corrected chi connectivity index (χ4v) is 4.27. The van der Waals surface area contributed by atoms with Gasteiger partial charge in [0.15, 0.2) is 6.29 Å². The lowest BCUT2D eigenvalue weighted by molar-refractivity contribution is -0.162. The number of ether oxygens (including phenoxy) is 2. The number of hydrogen-bond donors (Lipinski definition) is 2. The van der Waals surface area contributed by atoms with Gasteiger partial charge in [-0.15, -0.1) is 0 Å². The van der Waals surface area contributed by atoms with Gasteiger partial charge >= 0.3 is 0 Å². The molecule has 1 fully saturated rings. The second kappa shape index (κ2) is 11.8. The van der Waals surface area contributed by atoms with Crippen LogP contribution in [0.4, 0.5) is 4.39 Å². The van der Waals surface area contributed by atoms with Gasteiger partial charge in [0.05, 0.1) is 18.7 Å². The van der Waals surface area contributed by atoms with E-state index in [-0.39, 0.29) is 34.9 Å². The number of nitrogens with zero attached hydrogens (tertiary/aromatic N) is 1. The van der Waals surface area contributed by atoms with Gasteiger partial charge < -0.3 is 24.5 Å². The van der Waals surface area contributed by atoms with Crippen LogP contribution in [0.25, 0.3) is 10.9 Å². The zero-order chi connectivity index (χ0) is 24.8. The van der Waals surface area contributed by atoms with E-state index in [0.717, 1.165) is 24.8 Å². The normalized spacial score (nSPS) is 15.9. The van der Waals surface area contributed by atoms with Crippen LogP contribution in [0.5, 0.6) is 0 Å². The van der Waals surface area contributed by atoms with Gasteiger partial charge in [0.25, 0.3) is 5.91 Å². The van der Waals surface area contributed by atoms with E-state index in [9.17, 15) is 19.1 Å². The van der Waals surface area contributed by atoms with E-state index >= 15 is 0 Å². The number of nitrogens with one attached hydrogen (secondary N) is 1. The Kier molecular flexibility index (Phi) is 8.51. The SMILES string of the molecule is O=C(NCc1ccc(Cl)cc1)c1cn(CCCOC2CCCCO2)c2c(F)cc(CO)cc2c1=O. The van der Waals surface area contributed by atoms with Crippen LogP contribution in [0, 0.1) is 5.82 Å². The van der Waals surface area contributed by atoms with Crippen LogP contribution in [-0.4, -0.2) is 35.1 Å². The maximum absolute atomic E-state index is 15.0. The molecule has 0 spiro atoms. The summed E-state index contributed by atoms with van der Waals surface area (Å²) in [4.78, 5) is 26.1. The number of amides is 1. The van der Waals surface area contributed by atoms with Crippen molar-refractivity contribution in [3.8, 4) is 0 Å². The van der Waals surface area contributed by atoms with Crippen molar-refractivity contribution in [2.75, 3.05) is 13.2 Å². The number of rotatable bonds is 9. The lowest BCUT2D eigenvalue weighted by Crippen LogP contribution is -2.30. The van der Waals surface area contributed by atoms with Crippen molar-refractivity contribution in [2.45, 2.75) is 51.7 Å². The average Bonchev–Trinajstić information content (AvgIpc) is 2.87. The molecule has 1 aliphatic heterocycles. The molecule has 1 aliphatic rings. The Bertz CT molecular complexity index is 1240. The lowest BCUT2D eigenvalue weighted by atomic mass is 10.1. The molecule has 2 N–H and O–H groups in total. The molecule has 3 aromatic rings. The van der Waals surface area contributed by atoms with Crippen LogP contribution in [0.1, 0.15) is 47.2 Å². The second-order valence-corrected chi connectivity index (χ2v) is 8.96. The van der Waals surface area contributed by atoms with Crippen LogP contribution in [0.15, 0.2) is 47.4 Å². The first-order valence-corrected chi connectivity index (χ1v) is 12.1. The molecule has 0 aliphatic carbocycles. The maximum Gasteiger partial charge on any atom is 0.257 e. The second-order valence-electron chi connectivity index (χ2n) is 8.53. The van der Waals surface area contributed by atoms with Crippen LogP contribution in [0.3, 0.4) is 0 Å². The van der Waals surface area contributed by atoms with Crippen molar-refractivity contribution < 1.29 is 23.8 Å². The zero-order valence-electron chi connectivity index (χ0n) is 19.3. The molecule has 1 unspecified atom stereocenters. The molecule has 9 heteroatoms. The van der Waals surface area contributed by atoms with Gasteiger partial charge in [-0.1, -0.05) is 23.7 Å². The number of aliphatic hydroxyl groups excluding tert-OH is 1. The Morgan fingerprint density at radius 2 is 2.03 bits per heavy atom. The third-order valence-corrected chi connectivity index (χ3v) is 6.22. The molecule has 0 bridgehead atoms. The molecule has 0 saturated carbocycles. The molecule has 186 valence electrons. The molecule has 1 saturated heterocycles. The van der Waals surface area contributed by atoms with E-state index in [4.69, 9.17) is 21.1 Å².